The highest BCUT2D eigenvalue weighted by atomic mass is 16.6. The Morgan fingerprint density at radius 2 is 2.00 bits per heavy atom. The van der Waals surface area contributed by atoms with Crippen LogP contribution in [0.1, 0.15) is 26.7 Å². The topological polar surface area (TPSA) is 118 Å². The zero-order valence-corrected chi connectivity index (χ0v) is 18.3. The van der Waals surface area contributed by atoms with Crippen LogP contribution in [0.4, 0.5) is 0 Å². The SMILES string of the molecule is CCOC(=O)[C@@H]1[C@H]2C(=O)N(CCO)C(C(=O)NCCN3CCOCC3)C23CC[C@@]1(C)O3. The van der Waals surface area contributed by atoms with Gasteiger partial charge in [-0.2, -0.15) is 0 Å². The molecule has 4 rings (SSSR count). The molecule has 174 valence electrons. The van der Waals surface area contributed by atoms with Crippen LogP contribution in [0.2, 0.25) is 0 Å². The van der Waals surface area contributed by atoms with Crippen LogP contribution >= 0.6 is 0 Å². The maximum atomic E-state index is 13.4. The maximum absolute atomic E-state index is 13.4. The molecule has 5 atom stereocenters. The van der Waals surface area contributed by atoms with E-state index in [0.717, 1.165) is 13.1 Å². The number of aliphatic hydroxyl groups is 1. The fourth-order valence-corrected chi connectivity index (χ4v) is 5.92. The number of carbonyl (C=O) groups excluding carboxylic acids is 3. The molecule has 31 heavy (non-hydrogen) atoms. The summed E-state index contributed by atoms with van der Waals surface area (Å²) in [7, 11) is 0. The molecule has 0 aliphatic carbocycles. The number of nitrogens with zero attached hydrogens (tertiary/aromatic N) is 2. The third-order valence-corrected chi connectivity index (χ3v) is 7.24. The minimum Gasteiger partial charge on any atom is -0.466 e. The number of ether oxygens (including phenoxy) is 3. The van der Waals surface area contributed by atoms with Crippen LogP contribution < -0.4 is 5.32 Å². The molecule has 4 aliphatic rings. The van der Waals surface area contributed by atoms with Crippen LogP contribution in [0, 0.1) is 11.8 Å². The van der Waals surface area contributed by atoms with Crippen molar-refractivity contribution in [1.29, 1.82) is 0 Å². The standard InChI is InChI=1S/C21H33N3O7/c1-3-30-19(28)15-14-18(27)24(8-11-25)16(21(14)5-4-20(15,2)31-21)17(26)22-6-7-23-9-12-29-13-10-23/h14-16,25H,3-13H2,1-2H3,(H,22,26)/t14-,15-,16?,20+,21?/m0/s1. The third-order valence-electron chi connectivity index (χ3n) is 7.24. The molecule has 1 spiro atoms. The number of fused-ring (bicyclic) bond motifs is 1. The Kier molecular flexibility index (Phi) is 6.26. The Morgan fingerprint density at radius 3 is 2.68 bits per heavy atom. The zero-order valence-electron chi connectivity index (χ0n) is 18.3. The van der Waals surface area contributed by atoms with Crippen molar-refractivity contribution in [3.8, 4) is 0 Å². The fraction of sp³-hybridized carbons (Fsp3) is 0.857. The van der Waals surface area contributed by atoms with Crippen LogP contribution in [0.15, 0.2) is 0 Å². The lowest BCUT2D eigenvalue weighted by Crippen LogP contribution is -2.56. The molecule has 2 amide bonds. The fourth-order valence-electron chi connectivity index (χ4n) is 5.92. The molecule has 10 nitrogen and oxygen atoms in total. The number of morpholine rings is 1. The second-order valence-corrected chi connectivity index (χ2v) is 8.98. The molecule has 0 saturated carbocycles. The quantitative estimate of drug-likeness (QED) is 0.451. The highest BCUT2D eigenvalue weighted by Crippen LogP contribution is 2.63. The van der Waals surface area contributed by atoms with Gasteiger partial charge in [-0.3, -0.25) is 19.3 Å². The van der Waals surface area contributed by atoms with E-state index in [9.17, 15) is 19.5 Å². The van der Waals surface area contributed by atoms with E-state index < -0.39 is 35.0 Å². The van der Waals surface area contributed by atoms with Crippen molar-refractivity contribution in [2.24, 2.45) is 11.8 Å². The molecule has 2 bridgehead atoms. The van der Waals surface area contributed by atoms with Crippen LogP contribution in [-0.2, 0) is 28.6 Å². The Labute approximate surface area is 182 Å². The number of rotatable bonds is 8. The van der Waals surface area contributed by atoms with Crippen molar-refractivity contribution in [2.45, 2.75) is 43.9 Å². The minimum absolute atomic E-state index is 0.0221. The first-order valence-corrected chi connectivity index (χ1v) is 11.2. The number of amides is 2. The molecular formula is C21H33N3O7. The summed E-state index contributed by atoms with van der Waals surface area (Å²) in [6, 6.07) is -0.872. The molecule has 10 heteroatoms. The summed E-state index contributed by atoms with van der Waals surface area (Å²) < 4.78 is 17.0. The highest BCUT2D eigenvalue weighted by Gasteiger charge is 2.78. The summed E-state index contributed by atoms with van der Waals surface area (Å²) in [4.78, 5) is 43.1. The summed E-state index contributed by atoms with van der Waals surface area (Å²) in [5, 5.41) is 12.5. The van der Waals surface area contributed by atoms with Gasteiger partial charge in [-0.25, -0.2) is 0 Å². The number of esters is 1. The van der Waals surface area contributed by atoms with Gasteiger partial charge in [-0.1, -0.05) is 0 Å². The van der Waals surface area contributed by atoms with Gasteiger partial charge in [-0.05, 0) is 26.7 Å². The first-order valence-electron chi connectivity index (χ1n) is 11.2. The van der Waals surface area contributed by atoms with E-state index in [1.807, 2.05) is 6.92 Å². The predicted octanol–water partition coefficient (Wildman–Crippen LogP) is -1.25. The van der Waals surface area contributed by atoms with Gasteiger partial charge in [0.1, 0.15) is 17.6 Å². The number of likely N-dealkylation sites (tertiary alicyclic amines) is 1. The van der Waals surface area contributed by atoms with Gasteiger partial charge in [0.05, 0.1) is 37.9 Å². The minimum atomic E-state index is -1.07. The van der Waals surface area contributed by atoms with E-state index >= 15 is 0 Å². The van der Waals surface area contributed by atoms with E-state index in [-0.39, 0.29) is 31.6 Å². The smallest absolute Gasteiger partial charge is 0.312 e. The van der Waals surface area contributed by atoms with Gasteiger partial charge in [-0.15, -0.1) is 0 Å². The molecule has 0 aromatic heterocycles. The Morgan fingerprint density at radius 1 is 1.26 bits per heavy atom. The van der Waals surface area contributed by atoms with Gasteiger partial charge < -0.3 is 29.5 Å². The van der Waals surface area contributed by atoms with Gasteiger partial charge in [0.15, 0.2) is 0 Å². The zero-order chi connectivity index (χ0) is 22.2. The van der Waals surface area contributed by atoms with Gasteiger partial charge >= 0.3 is 5.97 Å². The molecular weight excluding hydrogens is 406 g/mol. The van der Waals surface area contributed by atoms with Crippen molar-refractivity contribution in [3.63, 3.8) is 0 Å². The molecule has 4 aliphatic heterocycles. The summed E-state index contributed by atoms with van der Waals surface area (Å²) in [5.41, 5.74) is -1.90. The first-order chi connectivity index (χ1) is 14.9. The Hall–Kier alpha value is -1.75. The molecule has 0 aromatic carbocycles. The van der Waals surface area contributed by atoms with E-state index in [1.54, 1.807) is 6.92 Å². The Balaban J connectivity index is 1.54. The van der Waals surface area contributed by atoms with Crippen molar-refractivity contribution in [3.05, 3.63) is 0 Å². The highest BCUT2D eigenvalue weighted by molar-refractivity contribution is 5.98. The summed E-state index contributed by atoms with van der Waals surface area (Å²) in [6.07, 6.45) is 1.09. The molecule has 4 fully saturated rings. The van der Waals surface area contributed by atoms with E-state index in [1.165, 1.54) is 4.90 Å². The third kappa shape index (κ3) is 3.63. The van der Waals surface area contributed by atoms with Crippen LogP contribution in [0.3, 0.4) is 0 Å². The molecule has 0 radical (unpaired) electrons. The second kappa shape index (κ2) is 8.65. The van der Waals surface area contributed by atoms with Gasteiger partial charge in [0.2, 0.25) is 11.8 Å². The number of β-amino-alcohol motifs (C(OH)–C–C–N with tert-alkyl or cyclic N) is 1. The average Bonchev–Trinajstić information content (AvgIpc) is 3.30. The number of hydrogen-bond acceptors (Lipinski definition) is 8. The van der Waals surface area contributed by atoms with E-state index in [2.05, 4.69) is 10.2 Å². The number of aliphatic hydroxyl groups excluding tert-OH is 1. The van der Waals surface area contributed by atoms with Crippen molar-refractivity contribution in [2.75, 3.05) is 59.2 Å². The summed E-state index contributed by atoms with van der Waals surface area (Å²) in [6.45, 7) is 7.66. The molecule has 4 heterocycles. The van der Waals surface area contributed by atoms with Crippen LogP contribution in [-0.4, -0.2) is 109 Å². The lowest BCUT2D eigenvalue weighted by molar-refractivity contribution is -0.159. The number of hydrogen-bond donors (Lipinski definition) is 2. The van der Waals surface area contributed by atoms with Crippen LogP contribution in [0.25, 0.3) is 0 Å². The largest absolute Gasteiger partial charge is 0.466 e. The maximum Gasteiger partial charge on any atom is 0.312 e. The average molecular weight is 440 g/mol. The molecule has 2 unspecified atom stereocenters. The lowest BCUT2D eigenvalue weighted by Gasteiger charge is -2.33. The van der Waals surface area contributed by atoms with E-state index in [4.69, 9.17) is 14.2 Å². The first kappa shape index (κ1) is 22.4. The summed E-state index contributed by atoms with van der Waals surface area (Å²) >= 11 is 0. The van der Waals surface area contributed by atoms with Crippen LogP contribution in [0.5, 0.6) is 0 Å². The number of nitrogens with one attached hydrogen (secondary N) is 1. The predicted molar refractivity (Wildman–Crippen MR) is 108 cm³/mol. The normalized spacial score (nSPS) is 37.2. The lowest BCUT2D eigenvalue weighted by atomic mass is 9.66. The molecule has 2 N–H and O–H groups in total. The molecule has 4 saturated heterocycles. The Bertz CT molecular complexity index is 728. The van der Waals surface area contributed by atoms with Crippen molar-refractivity contribution >= 4 is 17.8 Å². The van der Waals surface area contributed by atoms with Gasteiger partial charge in [0.25, 0.3) is 0 Å². The summed E-state index contributed by atoms with van der Waals surface area (Å²) in [5.74, 6) is -2.59. The molecule has 0 aromatic rings. The monoisotopic (exact) mass is 439 g/mol. The number of carbonyl (C=O) groups is 3. The van der Waals surface area contributed by atoms with Gasteiger partial charge in [0, 0.05) is 32.7 Å². The van der Waals surface area contributed by atoms with E-state index in [0.29, 0.717) is 39.1 Å². The van der Waals surface area contributed by atoms with Crippen molar-refractivity contribution < 1.29 is 33.7 Å². The second-order valence-electron chi connectivity index (χ2n) is 8.98. The van der Waals surface area contributed by atoms with Crippen molar-refractivity contribution in [1.82, 2.24) is 15.1 Å².